The van der Waals surface area contributed by atoms with Gasteiger partial charge in [-0.25, -0.2) is 12.8 Å². The summed E-state index contributed by atoms with van der Waals surface area (Å²) >= 11 is 0. The monoisotopic (exact) mass is 591 g/mol. The van der Waals surface area contributed by atoms with Crippen LogP contribution in [0.25, 0.3) is 0 Å². The minimum absolute atomic E-state index is 0.0593. The second kappa shape index (κ2) is 13.2. The Morgan fingerprint density at radius 3 is 2.17 bits per heavy atom. The van der Waals surface area contributed by atoms with Gasteiger partial charge in [-0.2, -0.15) is 0 Å². The quantitative estimate of drug-likeness (QED) is 0.249. The van der Waals surface area contributed by atoms with Crippen molar-refractivity contribution in [2.75, 3.05) is 30.4 Å². The third kappa shape index (κ3) is 6.87. The second-order valence-corrected chi connectivity index (χ2v) is 11.1. The number of hydrogen-bond donors (Lipinski definition) is 2. The van der Waals surface area contributed by atoms with Crippen LogP contribution in [0, 0.1) is 5.82 Å². The van der Waals surface area contributed by atoms with Gasteiger partial charge < -0.3 is 20.1 Å². The molecule has 11 heteroatoms. The molecule has 0 saturated carbocycles. The SMILES string of the molecule is COc1ccc(S(=O)(=O)N(CC(=O)Nc2ccccc2C(=O)N[C@@H](C)c2ccccc2)c2ccc(F)cc2)cc1OC. The van der Waals surface area contributed by atoms with Gasteiger partial charge in [0, 0.05) is 6.07 Å². The van der Waals surface area contributed by atoms with E-state index in [2.05, 4.69) is 10.6 Å². The molecule has 0 aliphatic rings. The minimum atomic E-state index is -4.35. The maximum absolute atomic E-state index is 13.8. The van der Waals surface area contributed by atoms with Gasteiger partial charge in [-0.3, -0.25) is 13.9 Å². The zero-order valence-electron chi connectivity index (χ0n) is 23.2. The van der Waals surface area contributed by atoms with E-state index in [1.165, 1.54) is 44.6 Å². The van der Waals surface area contributed by atoms with E-state index < -0.39 is 34.2 Å². The lowest BCUT2D eigenvalue weighted by atomic mass is 10.1. The second-order valence-electron chi connectivity index (χ2n) is 9.20. The number of rotatable bonds is 11. The molecule has 0 unspecified atom stereocenters. The predicted molar refractivity (Wildman–Crippen MR) is 158 cm³/mol. The summed E-state index contributed by atoms with van der Waals surface area (Å²) in [6, 6.07) is 24.2. The van der Waals surface area contributed by atoms with Crippen LogP contribution in [0.5, 0.6) is 11.5 Å². The molecule has 0 fully saturated rings. The van der Waals surface area contributed by atoms with E-state index in [4.69, 9.17) is 9.47 Å². The van der Waals surface area contributed by atoms with Crippen LogP contribution in [-0.2, 0) is 14.8 Å². The molecule has 0 saturated heterocycles. The summed E-state index contributed by atoms with van der Waals surface area (Å²) in [6.45, 7) is 1.17. The van der Waals surface area contributed by atoms with Crippen LogP contribution in [0.2, 0.25) is 0 Å². The largest absolute Gasteiger partial charge is 0.493 e. The van der Waals surface area contributed by atoms with Gasteiger partial charge in [0.2, 0.25) is 5.91 Å². The van der Waals surface area contributed by atoms with Crippen molar-refractivity contribution in [3.63, 3.8) is 0 Å². The number of nitrogens with zero attached hydrogens (tertiary/aromatic N) is 1. The van der Waals surface area contributed by atoms with Crippen LogP contribution in [0.1, 0.15) is 28.9 Å². The third-order valence-corrected chi connectivity index (χ3v) is 8.21. The first kappa shape index (κ1) is 30.1. The first-order valence-corrected chi connectivity index (χ1v) is 14.3. The van der Waals surface area contributed by atoms with Crippen LogP contribution in [0.15, 0.2) is 102 Å². The fourth-order valence-electron chi connectivity index (χ4n) is 4.24. The van der Waals surface area contributed by atoms with E-state index in [0.29, 0.717) is 5.75 Å². The van der Waals surface area contributed by atoms with Crippen molar-refractivity contribution in [1.82, 2.24) is 5.32 Å². The molecule has 1 atom stereocenters. The number of anilines is 2. The van der Waals surface area contributed by atoms with Crippen LogP contribution >= 0.6 is 0 Å². The van der Waals surface area contributed by atoms with Crippen LogP contribution < -0.4 is 24.4 Å². The molecule has 4 rings (SSSR count). The fourth-order valence-corrected chi connectivity index (χ4v) is 5.67. The lowest BCUT2D eigenvalue weighted by molar-refractivity contribution is -0.114. The Morgan fingerprint density at radius 1 is 0.857 bits per heavy atom. The Bertz CT molecular complexity index is 1660. The summed E-state index contributed by atoms with van der Waals surface area (Å²) in [7, 11) is -1.56. The summed E-state index contributed by atoms with van der Waals surface area (Å²) < 4.78 is 52.6. The van der Waals surface area contributed by atoms with Gasteiger partial charge in [-0.1, -0.05) is 42.5 Å². The van der Waals surface area contributed by atoms with E-state index in [9.17, 15) is 22.4 Å². The number of carbonyl (C=O) groups is 2. The Balaban J connectivity index is 1.61. The van der Waals surface area contributed by atoms with Crippen molar-refractivity contribution in [1.29, 1.82) is 0 Å². The lowest BCUT2D eigenvalue weighted by Crippen LogP contribution is -2.38. The van der Waals surface area contributed by atoms with Gasteiger partial charge in [-0.05, 0) is 61.0 Å². The molecule has 0 aliphatic carbocycles. The molecule has 2 amide bonds. The number of benzene rings is 4. The number of carbonyl (C=O) groups excluding carboxylic acids is 2. The van der Waals surface area contributed by atoms with Gasteiger partial charge in [0.25, 0.3) is 15.9 Å². The number of ether oxygens (including phenoxy) is 2. The van der Waals surface area contributed by atoms with E-state index in [1.54, 1.807) is 24.3 Å². The summed E-state index contributed by atoms with van der Waals surface area (Å²) in [5, 5.41) is 5.57. The molecule has 0 spiro atoms. The number of hydrogen-bond acceptors (Lipinski definition) is 6. The smallest absolute Gasteiger partial charge is 0.264 e. The summed E-state index contributed by atoms with van der Waals surface area (Å²) in [6.07, 6.45) is 0. The number of nitrogens with one attached hydrogen (secondary N) is 2. The molecular formula is C31H30FN3O6S. The van der Waals surface area contributed by atoms with Crippen molar-refractivity contribution < 1.29 is 31.9 Å². The van der Waals surface area contributed by atoms with Crippen LogP contribution in [-0.4, -0.2) is 41.0 Å². The molecule has 0 aromatic heterocycles. The molecule has 0 heterocycles. The number of sulfonamides is 1. The highest BCUT2D eigenvalue weighted by Gasteiger charge is 2.29. The van der Waals surface area contributed by atoms with Crippen molar-refractivity contribution in [3.05, 3.63) is 114 Å². The van der Waals surface area contributed by atoms with Crippen molar-refractivity contribution in [3.8, 4) is 11.5 Å². The maximum atomic E-state index is 13.8. The highest BCUT2D eigenvalue weighted by atomic mass is 32.2. The van der Waals surface area contributed by atoms with E-state index >= 15 is 0 Å². The first-order chi connectivity index (χ1) is 20.1. The molecule has 0 radical (unpaired) electrons. The van der Waals surface area contributed by atoms with Gasteiger partial charge in [0.1, 0.15) is 12.4 Å². The molecule has 218 valence electrons. The van der Waals surface area contributed by atoms with Gasteiger partial charge in [-0.15, -0.1) is 0 Å². The molecule has 4 aromatic carbocycles. The highest BCUT2D eigenvalue weighted by molar-refractivity contribution is 7.92. The summed E-state index contributed by atoms with van der Waals surface area (Å²) in [4.78, 5) is 26.3. The molecule has 42 heavy (non-hydrogen) atoms. The average Bonchev–Trinajstić information content (AvgIpc) is 3.00. The van der Waals surface area contributed by atoms with E-state index in [1.807, 2.05) is 37.3 Å². The summed E-state index contributed by atoms with van der Waals surface area (Å²) in [5.74, 6) is -1.22. The summed E-state index contributed by atoms with van der Waals surface area (Å²) in [5.41, 5.74) is 1.36. The predicted octanol–water partition coefficient (Wildman–Crippen LogP) is 5.17. The minimum Gasteiger partial charge on any atom is -0.493 e. The van der Waals surface area contributed by atoms with E-state index in [0.717, 1.165) is 22.0 Å². The van der Waals surface area contributed by atoms with Crippen molar-refractivity contribution in [2.24, 2.45) is 0 Å². The van der Waals surface area contributed by atoms with Gasteiger partial charge >= 0.3 is 0 Å². The van der Waals surface area contributed by atoms with Gasteiger partial charge in [0.05, 0.1) is 42.1 Å². The molecule has 0 bridgehead atoms. The Hall–Kier alpha value is -4.90. The zero-order valence-corrected chi connectivity index (χ0v) is 24.0. The third-order valence-electron chi connectivity index (χ3n) is 6.44. The van der Waals surface area contributed by atoms with Crippen LogP contribution in [0.3, 0.4) is 0 Å². The number of amides is 2. The lowest BCUT2D eigenvalue weighted by Gasteiger charge is -2.25. The first-order valence-electron chi connectivity index (χ1n) is 12.9. The molecule has 2 N–H and O–H groups in total. The highest BCUT2D eigenvalue weighted by Crippen LogP contribution is 2.32. The molecular weight excluding hydrogens is 561 g/mol. The van der Waals surface area contributed by atoms with Crippen LogP contribution in [0.4, 0.5) is 15.8 Å². The Morgan fingerprint density at radius 2 is 1.50 bits per heavy atom. The average molecular weight is 592 g/mol. The van der Waals surface area contributed by atoms with Gasteiger partial charge in [0.15, 0.2) is 11.5 Å². The zero-order chi connectivity index (χ0) is 30.3. The topological polar surface area (TPSA) is 114 Å². The normalized spacial score (nSPS) is 11.7. The number of para-hydroxylation sites is 1. The standard InChI is InChI=1S/C31H30FN3O6S/c1-21(22-9-5-4-6-10-22)33-31(37)26-11-7-8-12-27(26)34-30(36)20-35(24-15-13-23(32)14-16-24)42(38,39)25-17-18-28(40-2)29(19-25)41-3/h4-19,21H,20H2,1-3H3,(H,33,37)(H,34,36)/t21-/m0/s1. The number of methoxy groups -OCH3 is 2. The van der Waals surface area contributed by atoms with Crippen molar-refractivity contribution >= 4 is 33.2 Å². The Labute approximate surface area is 243 Å². The number of halogens is 1. The van der Waals surface area contributed by atoms with E-state index in [-0.39, 0.29) is 33.6 Å². The van der Waals surface area contributed by atoms with Crippen molar-refractivity contribution in [2.45, 2.75) is 17.9 Å². The molecule has 0 aliphatic heterocycles. The Kier molecular flexibility index (Phi) is 9.43. The molecule has 4 aromatic rings. The maximum Gasteiger partial charge on any atom is 0.264 e. The fraction of sp³-hybridized carbons (Fsp3) is 0.161. The molecule has 9 nitrogen and oxygen atoms in total.